The summed E-state index contributed by atoms with van der Waals surface area (Å²) in [4.78, 5) is 25.3. The van der Waals surface area contributed by atoms with Crippen LogP contribution >= 0.6 is 0 Å². The number of rotatable bonds is 6. The third kappa shape index (κ3) is 4.76. The predicted octanol–water partition coefficient (Wildman–Crippen LogP) is 6.58. The van der Waals surface area contributed by atoms with Crippen molar-refractivity contribution in [3.05, 3.63) is 115 Å². The molecule has 0 unspecified atom stereocenters. The summed E-state index contributed by atoms with van der Waals surface area (Å²) in [5, 5.41) is 22.2. The quantitative estimate of drug-likeness (QED) is 0.272. The Morgan fingerprint density at radius 3 is 2.08 bits per heavy atom. The van der Waals surface area contributed by atoms with Crippen LogP contribution in [0.15, 0.2) is 119 Å². The van der Waals surface area contributed by atoms with E-state index in [0.717, 1.165) is 11.1 Å². The highest BCUT2D eigenvalue weighted by Crippen LogP contribution is 2.39. The second-order valence-corrected chi connectivity index (χ2v) is 8.14. The zero-order chi connectivity index (χ0) is 24.9. The number of fused-ring (bicyclic) bond motifs is 1. The number of hydrogen-bond donors (Lipinski definition) is 2. The summed E-state index contributed by atoms with van der Waals surface area (Å²) in [5.74, 6) is -1.08. The lowest BCUT2D eigenvalue weighted by atomic mass is 10.0. The lowest BCUT2D eigenvalue weighted by Crippen LogP contribution is -2.18. The maximum absolute atomic E-state index is 12.7. The van der Waals surface area contributed by atoms with Gasteiger partial charge in [-0.2, -0.15) is 0 Å². The normalized spacial score (nSPS) is 11.1. The number of hydrogen-bond acceptors (Lipinski definition) is 4. The van der Waals surface area contributed by atoms with Gasteiger partial charge in [-0.05, 0) is 41.5 Å². The molecule has 0 aliphatic rings. The molecule has 0 radical (unpaired) electrons. The molecule has 0 atom stereocenters. The van der Waals surface area contributed by atoms with E-state index in [-0.39, 0.29) is 24.0 Å². The molecule has 0 aliphatic heterocycles. The van der Waals surface area contributed by atoms with Gasteiger partial charge in [0.25, 0.3) is 5.91 Å². The molecule has 2 amide bonds. The van der Waals surface area contributed by atoms with Gasteiger partial charge in [-0.25, -0.2) is 0 Å². The minimum Gasteiger partial charge on any atom is -0.493 e. The Kier molecular flexibility index (Phi) is 6.36. The van der Waals surface area contributed by atoms with Crippen molar-refractivity contribution in [3.63, 3.8) is 0 Å². The molecule has 0 aliphatic carbocycles. The molecule has 0 bridgehead atoms. The minimum atomic E-state index is -0.535. The third-order valence-corrected chi connectivity index (χ3v) is 5.76. The molecule has 7 heteroatoms. The highest BCUT2D eigenvalue weighted by molar-refractivity contribution is 5.99. The Labute approximate surface area is 207 Å². The van der Waals surface area contributed by atoms with Crippen molar-refractivity contribution in [2.45, 2.75) is 6.54 Å². The number of nitrogens with zero attached hydrogens (tertiary/aromatic N) is 3. The number of amides is 2. The van der Waals surface area contributed by atoms with Crippen molar-refractivity contribution in [1.29, 1.82) is 0 Å². The van der Waals surface area contributed by atoms with Gasteiger partial charge in [-0.1, -0.05) is 78.9 Å². The lowest BCUT2D eigenvalue weighted by molar-refractivity contribution is -0.116. The number of nitrogens with one attached hydrogen (secondary N) is 1. The maximum Gasteiger partial charge on any atom is 0.295 e. The van der Waals surface area contributed by atoms with Crippen molar-refractivity contribution in [2.24, 2.45) is 10.2 Å². The van der Waals surface area contributed by atoms with Crippen molar-refractivity contribution < 1.29 is 14.7 Å². The molecule has 5 aromatic rings. The Morgan fingerprint density at radius 2 is 1.36 bits per heavy atom. The number of para-hydroxylation sites is 2. The summed E-state index contributed by atoms with van der Waals surface area (Å²) in [5.41, 5.74) is 3.80. The van der Waals surface area contributed by atoms with E-state index in [2.05, 4.69) is 15.5 Å². The first-order chi connectivity index (χ1) is 17.6. The van der Waals surface area contributed by atoms with Gasteiger partial charge in [0.1, 0.15) is 6.54 Å². The van der Waals surface area contributed by atoms with Crippen LogP contribution < -0.4 is 5.32 Å². The first-order valence-electron chi connectivity index (χ1n) is 11.4. The van der Waals surface area contributed by atoms with Crippen LogP contribution in [-0.2, 0) is 11.3 Å². The number of carbonyl (C=O) groups is 2. The monoisotopic (exact) mass is 474 g/mol. The Morgan fingerprint density at radius 1 is 0.750 bits per heavy atom. The average Bonchev–Trinajstić information content (AvgIpc) is 3.18. The van der Waals surface area contributed by atoms with Crippen LogP contribution in [0.4, 0.5) is 11.4 Å². The van der Waals surface area contributed by atoms with Crippen LogP contribution in [0.5, 0.6) is 5.88 Å². The molecule has 0 spiro atoms. The summed E-state index contributed by atoms with van der Waals surface area (Å²) in [6.07, 6.45) is 0. The van der Waals surface area contributed by atoms with E-state index in [4.69, 9.17) is 0 Å². The molecule has 7 nitrogen and oxygen atoms in total. The summed E-state index contributed by atoms with van der Waals surface area (Å²) < 4.78 is 1.45. The van der Waals surface area contributed by atoms with Crippen LogP contribution in [0.2, 0.25) is 0 Å². The fraction of sp³-hybridized carbons (Fsp3) is 0.0345. The van der Waals surface area contributed by atoms with Crippen molar-refractivity contribution in [1.82, 2.24) is 4.57 Å². The molecule has 5 rings (SSSR count). The van der Waals surface area contributed by atoms with Gasteiger partial charge in [-0.15, -0.1) is 10.2 Å². The molecule has 1 heterocycles. The average molecular weight is 475 g/mol. The molecular weight excluding hydrogens is 452 g/mol. The number of aromatic nitrogens is 1. The lowest BCUT2D eigenvalue weighted by Gasteiger charge is -2.08. The molecule has 1 aromatic heterocycles. The van der Waals surface area contributed by atoms with Gasteiger partial charge in [0.2, 0.25) is 11.8 Å². The third-order valence-electron chi connectivity index (χ3n) is 5.76. The van der Waals surface area contributed by atoms with Crippen molar-refractivity contribution in [3.8, 4) is 17.0 Å². The number of aromatic hydroxyl groups is 1. The van der Waals surface area contributed by atoms with E-state index in [1.54, 1.807) is 48.5 Å². The van der Waals surface area contributed by atoms with Crippen LogP contribution in [0.25, 0.3) is 22.0 Å². The first-order valence-corrected chi connectivity index (χ1v) is 11.4. The summed E-state index contributed by atoms with van der Waals surface area (Å²) in [6, 6.07) is 33.1. The van der Waals surface area contributed by atoms with Gasteiger partial charge >= 0.3 is 0 Å². The van der Waals surface area contributed by atoms with Gasteiger partial charge < -0.3 is 15.0 Å². The second-order valence-electron chi connectivity index (χ2n) is 8.14. The highest BCUT2D eigenvalue weighted by atomic mass is 16.3. The van der Waals surface area contributed by atoms with Crippen molar-refractivity contribution >= 4 is 34.1 Å². The molecule has 2 N–H and O–H groups in total. The minimum absolute atomic E-state index is 0.132. The summed E-state index contributed by atoms with van der Waals surface area (Å²) >= 11 is 0. The largest absolute Gasteiger partial charge is 0.493 e. The Balaban J connectivity index is 1.38. The SMILES string of the molecule is O=C(Cn1c(O)c(N=NC(=O)c2ccc(-c3ccccc3)cc2)c2ccccc21)Nc1ccccc1. The fourth-order valence-electron chi connectivity index (χ4n) is 3.98. The molecule has 4 aromatic carbocycles. The van der Waals surface area contributed by atoms with E-state index in [1.165, 1.54) is 4.57 Å². The molecule has 176 valence electrons. The number of anilines is 1. The van der Waals surface area contributed by atoms with Gasteiger partial charge in [0, 0.05) is 16.6 Å². The zero-order valence-corrected chi connectivity index (χ0v) is 19.2. The number of benzene rings is 4. The number of azo groups is 1. The van der Waals surface area contributed by atoms with E-state index >= 15 is 0 Å². The van der Waals surface area contributed by atoms with E-state index < -0.39 is 5.91 Å². The summed E-state index contributed by atoms with van der Waals surface area (Å²) in [7, 11) is 0. The van der Waals surface area contributed by atoms with E-state index in [1.807, 2.05) is 60.7 Å². The Hall–Kier alpha value is -5.04. The molecule has 0 fully saturated rings. The van der Waals surface area contributed by atoms with E-state index in [0.29, 0.717) is 22.2 Å². The molecule has 36 heavy (non-hydrogen) atoms. The smallest absolute Gasteiger partial charge is 0.295 e. The molecular formula is C29H22N4O3. The molecule has 0 saturated heterocycles. The summed E-state index contributed by atoms with van der Waals surface area (Å²) in [6.45, 7) is -0.133. The fourth-order valence-corrected chi connectivity index (χ4v) is 3.98. The van der Waals surface area contributed by atoms with E-state index in [9.17, 15) is 14.7 Å². The van der Waals surface area contributed by atoms with Crippen LogP contribution in [0, 0.1) is 0 Å². The van der Waals surface area contributed by atoms with Gasteiger partial charge in [0.15, 0.2) is 5.69 Å². The zero-order valence-electron chi connectivity index (χ0n) is 19.2. The van der Waals surface area contributed by atoms with Gasteiger partial charge in [0.05, 0.1) is 5.52 Å². The van der Waals surface area contributed by atoms with Gasteiger partial charge in [-0.3, -0.25) is 9.59 Å². The second kappa shape index (κ2) is 10.1. The predicted molar refractivity (Wildman–Crippen MR) is 139 cm³/mol. The van der Waals surface area contributed by atoms with Crippen LogP contribution in [0.3, 0.4) is 0 Å². The first kappa shape index (κ1) is 22.7. The maximum atomic E-state index is 12.7. The Bertz CT molecular complexity index is 1560. The standard InChI is InChI=1S/C29H22N4O3/c34-26(30-23-11-5-2-6-12-23)19-33-25-14-8-7-13-24(25)27(29(33)36)31-32-28(35)22-17-15-21(16-18-22)20-9-3-1-4-10-20/h1-18,36H,19H2,(H,30,34). The van der Waals surface area contributed by atoms with Crippen LogP contribution in [-0.4, -0.2) is 21.5 Å². The van der Waals surface area contributed by atoms with Crippen LogP contribution in [0.1, 0.15) is 10.4 Å². The van der Waals surface area contributed by atoms with Crippen molar-refractivity contribution in [2.75, 3.05) is 5.32 Å². The molecule has 0 saturated carbocycles. The number of carbonyl (C=O) groups excluding carboxylic acids is 2. The highest BCUT2D eigenvalue weighted by Gasteiger charge is 2.19. The topological polar surface area (TPSA) is 96.1 Å².